The Bertz CT molecular complexity index is 222. The van der Waals surface area contributed by atoms with E-state index in [1.54, 1.807) is 20.8 Å². The lowest BCUT2D eigenvalue weighted by molar-refractivity contribution is -0.201. The summed E-state index contributed by atoms with van der Waals surface area (Å²) in [6.07, 6.45) is -8.31. The lowest BCUT2D eigenvalue weighted by atomic mass is 10.2. The number of alkyl halides is 3. The van der Waals surface area contributed by atoms with Gasteiger partial charge >= 0.3 is 12.3 Å². The molecule has 0 aromatic carbocycles. The van der Waals surface area contributed by atoms with Crippen LogP contribution in [0.25, 0.3) is 0 Å². The fourth-order valence-corrected chi connectivity index (χ4v) is 0.610. The summed E-state index contributed by atoms with van der Waals surface area (Å²) >= 11 is 0. The highest BCUT2D eigenvalue weighted by Crippen LogP contribution is 2.19. The molecule has 0 fully saturated rings. The first kappa shape index (κ1) is 14.0. The highest BCUT2D eigenvalue weighted by atomic mass is 19.4. The second-order valence-electron chi connectivity index (χ2n) is 3.94. The van der Waals surface area contributed by atoms with Crippen molar-refractivity contribution in [1.29, 1.82) is 0 Å². The maximum absolute atomic E-state index is 11.8. The predicted molar refractivity (Wildman–Crippen MR) is 46.3 cm³/mol. The van der Waals surface area contributed by atoms with E-state index in [-0.39, 0.29) is 0 Å². The van der Waals surface area contributed by atoms with E-state index >= 15 is 0 Å². The van der Waals surface area contributed by atoms with E-state index in [9.17, 15) is 18.0 Å². The number of rotatable bonds is 2. The van der Waals surface area contributed by atoms with Crippen LogP contribution in [0.5, 0.6) is 0 Å². The summed E-state index contributed by atoms with van der Waals surface area (Å²) in [6.45, 7) is 3.81. The molecule has 15 heavy (non-hydrogen) atoms. The average Bonchev–Trinajstić information content (AvgIpc) is 1.94. The van der Waals surface area contributed by atoms with Crippen LogP contribution in [0, 0.1) is 0 Å². The first-order valence-electron chi connectivity index (χ1n) is 4.24. The van der Waals surface area contributed by atoms with Crippen molar-refractivity contribution < 1.29 is 27.8 Å². The number of aliphatic hydroxyl groups is 1. The molecule has 2 N–H and O–H groups in total. The van der Waals surface area contributed by atoms with Crippen LogP contribution in [0.3, 0.4) is 0 Å². The highest BCUT2D eigenvalue weighted by Gasteiger charge is 2.38. The van der Waals surface area contributed by atoms with E-state index in [4.69, 9.17) is 5.11 Å². The van der Waals surface area contributed by atoms with Gasteiger partial charge in [0.2, 0.25) is 0 Å². The Hall–Kier alpha value is -0.980. The molecule has 7 heteroatoms. The lowest BCUT2D eigenvalue weighted by Crippen LogP contribution is -2.42. The van der Waals surface area contributed by atoms with Crippen molar-refractivity contribution in [2.24, 2.45) is 0 Å². The van der Waals surface area contributed by atoms with E-state index in [0.29, 0.717) is 0 Å². The SMILES string of the molecule is CC(C)(C)OC(=O)NC[C@@H](O)C(F)(F)F. The molecular formula is C8H14F3NO3. The van der Waals surface area contributed by atoms with Crippen molar-refractivity contribution in [3.8, 4) is 0 Å². The smallest absolute Gasteiger partial charge is 0.416 e. The van der Waals surface area contributed by atoms with Crippen LogP contribution in [0.15, 0.2) is 0 Å². The third-order valence-corrected chi connectivity index (χ3v) is 1.22. The van der Waals surface area contributed by atoms with Gasteiger partial charge in [-0.05, 0) is 20.8 Å². The van der Waals surface area contributed by atoms with Crippen molar-refractivity contribution in [1.82, 2.24) is 5.32 Å². The van der Waals surface area contributed by atoms with E-state index < -0.39 is 30.5 Å². The summed E-state index contributed by atoms with van der Waals surface area (Å²) in [5.74, 6) is 0. The first-order valence-corrected chi connectivity index (χ1v) is 4.24. The normalized spacial score (nSPS) is 14.6. The Kier molecular flexibility index (Phi) is 4.39. The molecule has 0 saturated heterocycles. The largest absolute Gasteiger partial charge is 0.444 e. The minimum absolute atomic E-state index is 0.784. The lowest BCUT2D eigenvalue weighted by Gasteiger charge is -2.21. The van der Waals surface area contributed by atoms with Gasteiger partial charge in [-0.1, -0.05) is 0 Å². The Morgan fingerprint density at radius 1 is 1.40 bits per heavy atom. The summed E-state index contributed by atoms with van der Waals surface area (Å²) in [7, 11) is 0. The molecule has 0 aliphatic heterocycles. The van der Waals surface area contributed by atoms with Gasteiger partial charge in [-0.25, -0.2) is 4.79 Å². The van der Waals surface area contributed by atoms with Crippen LogP contribution >= 0.6 is 0 Å². The second-order valence-corrected chi connectivity index (χ2v) is 3.94. The monoisotopic (exact) mass is 229 g/mol. The van der Waals surface area contributed by atoms with Crippen molar-refractivity contribution in [3.05, 3.63) is 0 Å². The zero-order valence-corrected chi connectivity index (χ0v) is 8.68. The number of aliphatic hydroxyl groups excluding tert-OH is 1. The molecule has 0 heterocycles. The van der Waals surface area contributed by atoms with Gasteiger partial charge in [-0.2, -0.15) is 13.2 Å². The van der Waals surface area contributed by atoms with Gasteiger partial charge in [0.15, 0.2) is 6.10 Å². The molecule has 0 radical (unpaired) electrons. The first-order chi connectivity index (χ1) is 6.52. The van der Waals surface area contributed by atoms with Gasteiger partial charge in [-0.15, -0.1) is 0 Å². The van der Waals surface area contributed by atoms with Crippen LogP contribution in [-0.2, 0) is 4.74 Å². The van der Waals surface area contributed by atoms with Crippen LogP contribution in [-0.4, -0.2) is 35.6 Å². The predicted octanol–water partition coefficient (Wildman–Crippen LogP) is 1.43. The summed E-state index contributed by atoms with van der Waals surface area (Å²) in [6, 6.07) is 0. The summed E-state index contributed by atoms with van der Waals surface area (Å²) < 4.78 is 40.1. The summed E-state index contributed by atoms with van der Waals surface area (Å²) in [4.78, 5) is 10.9. The van der Waals surface area contributed by atoms with Crippen LogP contribution in [0.1, 0.15) is 20.8 Å². The van der Waals surface area contributed by atoms with Crippen molar-refractivity contribution in [2.75, 3.05) is 6.54 Å². The molecular weight excluding hydrogens is 215 g/mol. The molecule has 1 amide bonds. The Labute approximate surface area is 85.4 Å². The Morgan fingerprint density at radius 3 is 2.20 bits per heavy atom. The minimum atomic E-state index is -4.74. The van der Waals surface area contributed by atoms with Gasteiger partial charge < -0.3 is 15.2 Å². The molecule has 0 spiro atoms. The van der Waals surface area contributed by atoms with Crippen molar-refractivity contribution >= 4 is 6.09 Å². The van der Waals surface area contributed by atoms with Crippen LogP contribution in [0.4, 0.5) is 18.0 Å². The topological polar surface area (TPSA) is 58.6 Å². The third-order valence-electron chi connectivity index (χ3n) is 1.22. The molecule has 0 aromatic heterocycles. The van der Waals surface area contributed by atoms with E-state index in [1.165, 1.54) is 0 Å². The second kappa shape index (κ2) is 4.69. The quantitative estimate of drug-likeness (QED) is 0.753. The van der Waals surface area contributed by atoms with Crippen LogP contribution in [0.2, 0.25) is 0 Å². The molecule has 0 aliphatic rings. The van der Waals surface area contributed by atoms with Crippen molar-refractivity contribution in [2.45, 2.75) is 38.7 Å². The van der Waals surface area contributed by atoms with Crippen molar-refractivity contribution in [3.63, 3.8) is 0 Å². The summed E-state index contributed by atoms with van der Waals surface area (Å²) in [5.41, 5.74) is -0.784. The van der Waals surface area contributed by atoms with E-state index in [2.05, 4.69) is 4.74 Å². The number of halogens is 3. The fraction of sp³-hybridized carbons (Fsp3) is 0.875. The number of amides is 1. The number of ether oxygens (including phenoxy) is 1. The number of carbonyl (C=O) groups is 1. The standard InChI is InChI=1S/C8H14F3NO3/c1-7(2,3)15-6(14)12-4-5(13)8(9,10)11/h5,13H,4H2,1-3H3,(H,12,14)/t5-/m1/s1. The maximum Gasteiger partial charge on any atom is 0.416 e. The third kappa shape index (κ3) is 7.01. The molecule has 0 bridgehead atoms. The molecule has 0 unspecified atom stereocenters. The molecule has 90 valence electrons. The zero-order chi connectivity index (χ0) is 12.3. The minimum Gasteiger partial charge on any atom is -0.444 e. The number of hydrogen-bond donors (Lipinski definition) is 2. The van der Waals surface area contributed by atoms with Gasteiger partial charge in [0, 0.05) is 0 Å². The maximum atomic E-state index is 11.8. The average molecular weight is 229 g/mol. The molecule has 4 nitrogen and oxygen atoms in total. The highest BCUT2D eigenvalue weighted by molar-refractivity contribution is 5.67. The molecule has 0 aliphatic carbocycles. The van der Waals surface area contributed by atoms with Gasteiger partial charge in [0.25, 0.3) is 0 Å². The number of alkyl carbamates (subject to hydrolysis) is 1. The number of carbonyl (C=O) groups excluding carboxylic acids is 1. The summed E-state index contributed by atoms with van der Waals surface area (Å²) in [5, 5.41) is 10.4. The zero-order valence-electron chi connectivity index (χ0n) is 8.68. The number of hydrogen-bond acceptors (Lipinski definition) is 3. The van der Waals surface area contributed by atoms with Gasteiger partial charge in [0.1, 0.15) is 5.60 Å². The molecule has 0 aromatic rings. The molecule has 1 atom stereocenters. The Balaban J connectivity index is 3.92. The molecule has 0 rings (SSSR count). The van der Waals surface area contributed by atoms with Gasteiger partial charge in [-0.3, -0.25) is 0 Å². The van der Waals surface area contributed by atoms with Gasteiger partial charge in [0.05, 0.1) is 6.54 Å². The van der Waals surface area contributed by atoms with E-state index in [1.807, 2.05) is 5.32 Å². The van der Waals surface area contributed by atoms with E-state index in [0.717, 1.165) is 0 Å². The Morgan fingerprint density at radius 2 is 1.87 bits per heavy atom. The van der Waals surface area contributed by atoms with Crippen LogP contribution < -0.4 is 5.32 Å². The fourth-order valence-electron chi connectivity index (χ4n) is 0.610. The molecule has 0 saturated carbocycles. The number of nitrogens with one attached hydrogen (secondary N) is 1.